The highest BCUT2D eigenvalue weighted by Gasteiger charge is 2.27. The zero-order valence-corrected chi connectivity index (χ0v) is 14.2. The Morgan fingerprint density at radius 3 is 3.00 bits per heavy atom. The van der Waals surface area contributed by atoms with E-state index < -0.39 is 0 Å². The Balaban J connectivity index is 1.87. The van der Waals surface area contributed by atoms with E-state index in [0.717, 1.165) is 56.5 Å². The highest BCUT2D eigenvalue weighted by atomic mass is 32.1. The Kier molecular flexibility index (Phi) is 6.90. The third-order valence-electron chi connectivity index (χ3n) is 4.06. The number of thiophene rings is 1. The molecule has 0 aliphatic carbocycles. The van der Waals surface area contributed by atoms with Crippen molar-refractivity contribution in [3.63, 3.8) is 0 Å². The van der Waals surface area contributed by atoms with Crippen molar-refractivity contribution in [3.05, 3.63) is 22.4 Å². The zero-order chi connectivity index (χ0) is 15.8. The summed E-state index contributed by atoms with van der Waals surface area (Å²) in [5, 5.41) is 4.91. The maximum atomic E-state index is 12.6. The number of hydrogen-bond acceptors (Lipinski definition) is 3. The first-order valence-electron chi connectivity index (χ1n) is 8.31. The molecule has 1 aliphatic heterocycles. The molecule has 1 unspecified atom stereocenters. The van der Waals surface area contributed by atoms with Gasteiger partial charge in [-0.2, -0.15) is 0 Å². The summed E-state index contributed by atoms with van der Waals surface area (Å²) in [7, 11) is 0. The first kappa shape index (κ1) is 17.0. The van der Waals surface area contributed by atoms with Crippen LogP contribution in [0.15, 0.2) is 17.5 Å². The third-order valence-corrected chi connectivity index (χ3v) is 4.94. The summed E-state index contributed by atoms with van der Waals surface area (Å²) >= 11 is 1.58. The van der Waals surface area contributed by atoms with Crippen LogP contribution in [0.2, 0.25) is 0 Å². The van der Waals surface area contributed by atoms with Crippen LogP contribution in [0.5, 0.6) is 0 Å². The van der Waals surface area contributed by atoms with Gasteiger partial charge < -0.3 is 10.2 Å². The van der Waals surface area contributed by atoms with Gasteiger partial charge in [-0.05, 0) is 37.1 Å². The van der Waals surface area contributed by atoms with Gasteiger partial charge in [-0.15, -0.1) is 11.3 Å². The van der Waals surface area contributed by atoms with Crippen LogP contribution in [-0.4, -0.2) is 35.8 Å². The largest absolute Gasteiger partial charge is 0.344 e. The quantitative estimate of drug-likeness (QED) is 0.785. The maximum absolute atomic E-state index is 12.6. The summed E-state index contributed by atoms with van der Waals surface area (Å²) in [5.41, 5.74) is 0. The molecular formula is C17H26N2O2S. The first-order chi connectivity index (χ1) is 10.7. The van der Waals surface area contributed by atoms with Crippen molar-refractivity contribution in [1.29, 1.82) is 0 Å². The molecule has 122 valence electrons. The van der Waals surface area contributed by atoms with Gasteiger partial charge in [0.1, 0.15) is 6.04 Å². The molecule has 1 aliphatic rings. The van der Waals surface area contributed by atoms with Crippen molar-refractivity contribution in [2.45, 2.75) is 57.9 Å². The fourth-order valence-electron chi connectivity index (χ4n) is 2.83. The van der Waals surface area contributed by atoms with Gasteiger partial charge in [0.2, 0.25) is 11.8 Å². The second kappa shape index (κ2) is 8.93. The molecule has 1 fully saturated rings. The molecule has 1 N–H and O–H groups in total. The van der Waals surface area contributed by atoms with Crippen LogP contribution in [0.3, 0.4) is 0 Å². The summed E-state index contributed by atoms with van der Waals surface area (Å²) < 4.78 is 0. The highest BCUT2D eigenvalue weighted by molar-refractivity contribution is 7.10. The predicted molar refractivity (Wildman–Crippen MR) is 89.9 cm³/mol. The molecule has 0 aromatic carbocycles. The lowest BCUT2D eigenvalue weighted by molar-refractivity contribution is -0.135. The molecule has 1 saturated heterocycles. The number of nitrogens with zero attached hydrogens (tertiary/aromatic N) is 1. The van der Waals surface area contributed by atoms with Crippen molar-refractivity contribution in [3.8, 4) is 0 Å². The second-order valence-electron chi connectivity index (χ2n) is 5.90. The second-order valence-corrected chi connectivity index (χ2v) is 6.94. The molecule has 1 atom stereocenters. The lowest BCUT2D eigenvalue weighted by atomic mass is 10.1. The topological polar surface area (TPSA) is 49.4 Å². The average molecular weight is 322 g/mol. The number of unbranched alkanes of at least 4 members (excludes halogenated alkanes) is 2. The molecule has 22 heavy (non-hydrogen) atoms. The van der Waals surface area contributed by atoms with E-state index in [1.54, 1.807) is 11.3 Å². The molecule has 2 heterocycles. The number of likely N-dealkylation sites (tertiary alicyclic amines) is 1. The molecule has 5 heteroatoms. The van der Waals surface area contributed by atoms with E-state index in [1.165, 1.54) is 0 Å². The number of amides is 2. The van der Waals surface area contributed by atoms with E-state index in [9.17, 15) is 9.59 Å². The SMILES string of the molecule is CCCCCN1CCCCC(NC(=O)Cc2cccs2)C1=O. The molecule has 1 aromatic heterocycles. The summed E-state index contributed by atoms with van der Waals surface area (Å²) in [5.74, 6) is 0.0596. The van der Waals surface area contributed by atoms with Gasteiger partial charge >= 0.3 is 0 Å². The number of hydrogen-bond donors (Lipinski definition) is 1. The van der Waals surface area contributed by atoms with Gasteiger partial charge in [0.05, 0.1) is 6.42 Å². The molecular weight excluding hydrogens is 296 g/mol. The van der Waals surface area contributed by atoms with Crippen molar-refractivity contribution < 1.29 is 9.59 Å². The van der Waals surface area contributed by atoms with Crippen LogP contribution in [0.4, 0.5) is 0 Å². The van der Waals surface area contributed by atoms with Crippen molar-refractivity contribution >= 4 is 23.2 Å². The minimum Gasteiger partial charge on any atom is -0.344 e. The molecule has 2 amide bonds. The predicted octanol–water partition coefficient (Wildman–Crippen LogP) is 2.98. The smallest absolute Gasteiger partial charge is 0.245 e. The minimum atomic E-state index is -0.336. The Hall–Kier alpha value is -1.36. The van der Waals surface area contributed by atoms with Gasteiger partial charge in [0.25, 0.3) is 0 Å². The summed E-state index contributed by atoms with van der Waals surface area (Å²) in [4.78, 5) is 27.7. The molecule has 4 nitrogen and oxygen atoms in total. The molecule has 0 bridgehead atoms. The van der Waals surface area contributed by atoms with Crippen LogP contribution in [0.1, 0.15) is 50.3 Å². The fraction of sp³-hybridized carbons (Fsp3) is 0.647. The minimum absolute atomic E-state index is 0.0452. The summed E-state index contributed by atoms with van der Waals surface area (Å²) in [6, 6.07) is 3.56. The van der Waals surface area contributed by atoms with Crippen LogP contribution < -0.4 is 5.32 Å². The lowest BCUT2D eigenvalue weighted by Crippen LogP contribution is -2.48. The van der Waals surface area contributed by atoms with E-state index in [4.69, 9.17) is 0 Å². The molecule has 1 aromatic rings. The van der Waals surface area contributed by atoms with Gasteiger partial charge in [-0.25, -0.2) is 0 Å². The molecule has 0 spiro atoms. The lowest BCUT2D eigenvalue weighted by Gasteiger charge is -2.24. The number of nitrogens with one attached hydrogen (secondary N) is 1. The van der Waals surface area contributed by atoms with E-state index in [1.807, 2.05) is 22.4 Å². The standard InChI is InChI=1S/C17H26N2O2S/c1-2-3-5-10-19-11-6-4-9-15(17(19)21)18-16(20)13-14-8-7-12-22-14/h7-8,12,15H,2-6,9-11,13H2,1H3,(H,18,20). The van der Waals surface area contributed by atoms with Gasteiger partial charge in [-0.3, -0.25) is 9.59 Å². The van der Waals surface area contributed by atoms with Crippen LogP contribution in [-0.2, 0) is 16.0 Å². The Bertz CT molecular complexity index is 473. The van der Waals surface area contributed by atoms with Crippen molar-refractivity contribution in [1.82, 2.24) is 10.2 Å². The summed E-state index contributed by atoms with van der Waals surface area (Å²) in [6.07, 6.45) is 6.53. The van der Waals surface area contributed by atoms with Crippen molar-refractivity contribution in [2.24, 2.45) is 0 Å². The van der Waals surface area contributed by atoms with Crippen molar-refractivity contribution in [2.75, 3.05) is 13.1 Å². The Morgan fingerprint density at radius 1 is 1.41 bits per heavy atom. The first-order valence-corrected chi connectivity index (χ1v) is 9.19. The van der Waals surface area contributed by atoms with E-state index in [-0.39, 0.29) is 17.9 Å². The van der Waals surface area contributed by atoms with E-state index >= 15 is 0 Å². The van der Waals surface area contributed by atoms with Crippen LogP contribution in [0, 0.1) is 0 Å². The fourth-order valence-corrected chi connectivity index (χ4v) is 3.53. The van der Waals surface area contributed by atoms with E-state index in [0.29, 0.717) is 6.42 Å². The summed E-state index contributed by atoms with van der Waals surface area (Å²) in [6.45, 7) is 3.82. The molecule has 0 radical (unpaired) electrons. The van der Waals surface area contributed by atoms with E-state index in [2.05, 4.69) is 12.2 Å². The van der Waals surface area contributed by atoms with Gasteiger partial charge in [0, 0.05) is 18.0 Å². The van der Waals surface area contributed by atoms with Crippen LogP contribution in [0.25, 0.3) is 0 Å². The number of carbonyl (C=O) groups excluding carboxylic acids is 2. The zero-order valence-electron chi connectivity index (χ0n) is 13.3. The average Bonchev–Trinajstić information content (AvgIpc) is 2.94. The third kappa shape index (κ3) is 5.13. The van der Waals surface area contributed by atoms with Gasteiger partial charge in [0.15, 0.2) is 0 Å². The Labute approximate surface area is 136 Å². The number of rotatable bonds is 7. The number of carbonyl (C=O) groups is 2. The van der Waals surface area contributed by atoms with Crippen LogP contribution >= 0.6 is 11.3 Å². The molecule has 0 saturated carbocycles. The normalized spacial score (nSPS) is 19.0. The highest BCUT2D eigenvalue weighted by Crippen LogP contribution is 2.14. The van der Waals surface area contributed by atoms with Gasteiger partial charge in [-0.1, -0.05) is 25.8 Å². The Morgan fingerprint density at radius 2 is 2.27 bits per heavy atom. The molecule has 2 rings (SSSR count). The maximum Gasteiger partial charge on any atom is 0.245 e. The monoisotopic (exact) mass is 322 g/mol.